The van der Waals surface area contributed by atoms with Gasteiger partial charge in [0.1, 0.15) is 5.41 Å². The van der Waals surface area contributed by atoms with Crippen molar-refractivity contribution in [3.63, 3.8) is 0 Å². The number of methoxy groups -OCH3 is 1. The molecule has 0 aliphatic heterocycles. The third-order valence-electron chi connectivity index (χ3n) is 4.13. The third-order valence-corrected chi connectivity index (χ3v) is 4.13. The van der Waals surface area contributed by atoms with Gasteiger partial charge in [0.25, 0.3) is 0 Å². The molecule has 0 atom stereocenters. The summed E-state index contributed by atoms with van der Waals surface area (Å²) in [5.41, 5.74) is -0.868. The fourth-order valence-corrected chi connectivity index (χ4v) is 3.30. The highest BCUT2D eigenvalue weighted by Crippen LogP contribution is 2.39. The van der Waals surface area contributed by atoms with Gasteiger partial charge in [0, 0.05) is 5.92 Å². The van der Waals surface area contributed by atoms with Crippen LogP contribution < -0.4 is 0 Å². The summed E-state index contributed by atoms with van der Waals surface area (Å²) in [4.78, 5) is 24.9. The number of rotatable bonds is 7. The highest BCUT2D eigenvalue weighted by Gasteiger charge is 2.47. The Balaban J connectivity index is 2.98. The molecule has 1 saturated carbocycles. The molecule has 0 saturated heterocycles. The van der Waals surface area contributed by atoms with Crippen LogP contribution in [-0.2, 0) is 14.3 Å². The Morgan fingerprint density at radius 3 is 2.00 bits per heavy atom. The quantitative estimate of drug-likeness (QED) is 0.516. The largest absolute Gasteiger partial charge is 0.468 e. The van der Waals surface area contributed by atoms with E-state index < -0.39 is 5.41 Å². The minimum atomic E-state index is -0.868. The van der Waals surface area contributed by atoms with Crippen LogP contribution in [0.15, 0.2) is 0 Å². The number of ketones is 1. The summed E-state index contributed by atoms with van der Waals surface area (Å²) in [6, 6.07) is 0. The van der Waals surface area contributed by atoms with Crippen molar-refractivity contribution in [1.29, 1.82) is 0 Å². The smallest absolute Gasteiger partial charge is 0.319 e. The molecule has 104 valence electrons. The summed E-state index contributed by atoms with van der Waals surface area (Å²) in [7, 11) is 1.39. The number of esters is 1. The van der Waals surface area contributed by atoms with Crippen molar-refractivity contribution in [2.45, 2.75) is 65.2 Å². The lowest BCUT2D eigenvalue weighted by molar-refractivity contribution is -0.160. The summed E-state index contributed by atoms with van der Waals surface area (Å²) in [6.45, 7) is 4.05. The maximum atomic E-state index is 12.7. The summed E-state index contributed by atoms with van der Waals surface area (Å²) in [5.74, 6) is -0.0825. The van der Waals surface area contributed by atoms with Gasteiger partial charge in [-0.05, 0) is 25.7 Å². The zero-order valence-electron chi connectivity index (χ0n) is 12.0. The lowest BCUT2D eigenvalue weighted by Gasteiger charge is -2.31. The van der Waals surface area contributed by atoms with Crippen LogP contribution in [0.25, 0.3) is 0 Å². The SMILES string of the molecule is CCCC(CCC)(C(=O)OC)C(=O)C1CCCC1. The summed E-state index contributed by atoms with van der Waals surface area (Å²) < 4.78 is 4.94. The number of hydrogen-bond acceptors (Lipinski definition) is 3. The maximum Gasteiger partial charge on any atom is 0.319 e. The van der Waals surface area contributed by atoms with Crippen LogP contribution >= 0.6 is 0 Å². The molecule has 0 aromatic rings. The monoisotopic (exact) mass is 254 g/mol. The van der Waals surface area contributed by atoms with Gasteiger partial charge in [-0.1, -0.05) is 39.5 Å². The molecule has 0 spiro atoms. The van der Waals surface area contributed by atoms with Gasteiger partial charge in [0.15, 0.2) is 5.78 Å². The van der Waals surface area contributed by atoms with E-state index >= 15 is 0 Å². The third kappa shape index (κ3) is 2.93. The molecule has 1 aliphatic rings. The Labute approximate surface area is 110 Å². The first-order chi connectivity index (χ1) is 8.62. The standard InChI is InChI=1S/C15H26O3/c1-4-10-15(11-5-2,14(17)18-3)13(16)12-8-6-7-9-12/h12H,4-11H2,1-3H3. The normalized spacial score (nSPS) is 16.8. The summed E-state index contributed by atoms with van der Waals surface area (Å²) in [5, 5.41) is 0. The fraction of sp³-hybridized carbons (Fsp3) is 0.867. The van der Waals surface area contributed by atoms with Gasteiger partial charge in [0.2, 0.25) is 0 Å². The number of hydrogen-bond donors (Lipinski definition) is 0. The number of ether oxygens (including phenoxy) is 1. The number of carbonyl (C=O) groups is 2. The molecule has 0 aromatic heterocycles. The van der Waals surface area contributed by atoms with Gasteiger partial charge in [-0.3, -0.25) is 9.59 Å². The van der Waals surface area contributed by atoms with E-state index in [1.807, 2.05) is 13.8 Å². The van der Waals surface area contributed by atoms with E-state index in [9.17, 15) is 9.59 Å². The highest BCUT2D eigenvalue weighted by molar-refractivity contribution is 6.04. The zero-order valence-corrected chi connectivity index (χ0v) is 12.0. The van der Waals surface area contributed by atoms with Gasteiger partial charge in [-0.25, -0.2) is 0 Å². The number of carbonyl (C=O) groups excluding carboxylic acids is 2. The highest BCUT2D eigenvalue weighted by atomic mass is 16.5. The van der Waals surface area contributed by atoms with Crippen LogP contribution in [0, 0.1) is 11.3 Å². The Kier molecular flexibility index (Phi) is 5.83. The van der Waals surface area contributed by atoms with E-state index in [0.29, 0.717) is 12.8 Å². The second kappa shape index (κ2) is 6.91. The Bertz CT molecular complexity index is 284. The fourth-order valence-electron chi connectivity index (χ4n) is 3.30. The van der Waals surface area contributed by atoms with Crippen LogP contribution in [0.3, 0.4) is 0 Å². The molecule has 3 nitrogen and oxygen atoms in total. The van der Waals surface area contributed by atoms with Crippen LogP contribution in [-0.4, -0.2) is 18.9 Å². The zero-order chi connectivity index (χ0) is 13.6. The molecular weight excluding hydrogens is 228 g/mol. The molecule has 0 radical (unpaired) electrons. The molecule has 18 heavy (non-hydrogen) atoms. The minimum absolute atomic E-state index is 0.0854. The van der Waals surface area contributed by atoms with Crippen LogP contribution in [0.5, 0.6) is 0 Å². The van der Waals surface area contributed by atoms with Crippen LogP contribution in [0.1, 0.15) is 65.2 Å². The molecule has 0 heterocycles. The second-order valence-corrected chi connectivity index (χ2v) is 5.42. The molecule has 1 fully saturated rings. The summed E-state index contributed by atoms with van der Waals surface area (Å²) in [6.07, 6.45) is 7.07. The molecule has 3 heteroatoms. The van der Waals surface area contributed by atoms with Crippen LogP contribution in [0.4, 0.5) is 0 Å². The minimum Gasteiger partial charge on any atom is -0.468 e. The molecule has 0 aromatic carbocycles. The van der Waals surface area contributed by atoms with Gasteiger partial charge in [0.05, 0.1) is 7.11 Å². The molecule has 0 unspecified atom stereocenters. The van der Waals surface area contributed by atoms with Crippen LogP contribution in [0.2, 0.25) is 0 Å². The van der Waals surface area contributed by atoms with Crippen molar-refractivity contribution in [3.05, 3.63) is 0 Å². The van der Waals surface area contributed by atoms with E-state index in [1.165, 1.54) is 7.11 Å². The van der Waals surface area contributed by atoms with E-state index in [1.54, 1.807) is 0 Å². The van der Waals surface area contributed by atoms with Crippen molar-refractivity contribution in [3.8, 4) is 0 Å². The van der Waals surface area contributed by atoms with Crippen molar-refractivity contribution < 1.29 is 14.3 Å². The average molecular weight is 254 g/mol. The van der Waals surface area contributed by atoms with E-state index in [4.69, 9.17) is 4.74 Å². The summed E-state index contributed by atoms with van der Waals surface area (Å²) >= 11 is 0. The lowest BCUT2D eigenvalue weighted by atomic mass is 9.71. The van der Waals surface area contributed by atoms with E-state index in [0.717, 1.165) is 38.5 Å². The Morgan fingerprint density at radius 1 is 1.11 bits per heavy atom. The van der Waals surface area contributed by atoms with Gasteiger partial charge in [-0.2, -0.15) is 0 Å². The second-order valence-electron chi connectivity index (χ2n) is 5.42. The first kappa shape index (κ1) is 15.2. The van der Waals surface area contributed by atoms with Crippen molar-refractivity contribution in [2.24, 2.45) is 11.3 Å². The number of Topliss-reactive ketones (excluding diaryl/α,β-unsaturated/α-hetero) is 1. The molecule has 1 rings (SSSR count). The maximum absolute atomic E-state index is 12.7. The van der Waals surface area contributed by atoms with Gasteiger partial charge < -0.3 is 4.74 Å². The first-order valence-corrected chi connectivity index (χ1v) is 7.25. The van der Waals surface area contributed by atoms with Gasteiger partial charge in [-0.15, -0.1) is 0 Å². The Morgan fingerprint density at radius 2 is 1.61 bits per heavy atom. The predicted molar refractivity (Wildman–Crippen MR) is 71.2 cm³/mol. The molecule has 0 bridgehead atoms. The van der Waals surface area contributed by atoms with Crippen molar-refractivity contribution in [2.75, 3.05) is 7.11 Å². The molecular formula is C15H26O3. The van der Waals surface area contributed by atoms with E-state index in [-0.39, 0.29) is 17.7 Å². The van der Waals surface area contributed by atoms with Crippen molar-refractivity contribution >= 4 is 11.8 Å². The van der Waals surface area contributed by atoms with E-state index in [2.05, 4.69) is 0 Å². The predicted octanol–water partition coefficient (Wildman–Crippen LogP) is 3.51. The van der Waals surface area contributed by atoms with Crippen molar-refractivity contribution in [1.82, 2.24) is 0 Å². The Hall–Kier alpha value is -0.860. The molecule has 1 aliphatic carbocycles. The van der Waals surface area contributed by atoms with Gasteiger partial charge >= 0.3 is 5.97 Å². The first-order valence-electron chi connectivity index (χ1n) is 7.25. The average Bonchev–Trinajstić information content (AvgIpc) is 2.90. The lowest BCUT2D eigenvalue weighted by Crippen LogP contribution is -2.43. The topological polar surface area (TPSA) is 43.4 Å². The molecule has 0 N–H and O–H groups in total. The molecule has 0 amide bonds.